The van der Waals surface area contributed by atoms with Crippen molar-refractivity contribution in [1.82, 2.24) is 5.32 Å². The second-order valence-electron chi connectivity index (χ2n) is 6.26. The normalized spacial score (nSPS) is 11.2. The molecular weight excluding hydrogens is 422 g/mol. The fourth-order valence-electron chi connectivity index (χ4n) is 2.73. The van der Waals surface area contributed by atoms with Crippen LogP contribution in [0.5, 0.6) is 0 Å². The van der Waals surface area contributed by atoms with Crippen molar-refractivity contribution in [3.8, 4) is 11.1 Å². The monoisotopic (exact) mass is 437 g/mol. The van der Waals surface area contributed by atoms with Gasteiger partial charge in [-0.15, -0.1) is 0 Å². The summed E-state index contributed by atoms with van der Waals surface area (Å²) < 4.78 is 56.9. The lowest BCUT2D eigenvalue weighted by Crippen LogP contribution is -2.28. The summed E-state index contributed by atoms with van der Waals surface area (Å²) in [6.45, 7) is -0.0955. The summed E-state index contributed by atoms with van der Waals surface area (Å²) in [4.78, 5) is 11.4. The molecule has 1 amide bonds. The summed E-state index contributed by atoms with van der Waals surface area (Å²) in [5.74, 6) is -1.62. The van der Waals surface area contributed by atoms with E-state index in [1.807, 2.05) is 0 Å². The van der Waals surface area contributed by atoms with E-state index >= 15 is 0 Å². The third-order valence-corrected chi connectivity index (χ3v) is 4.33. The van der Waals surface area contributed by atoms with E-state index in [0.717, 1.165) is 12.1 Å². The highest BCUT2D eigenvalue weighted by Crippen LogP contribution is 2.30. The standard InChI is InChI=1S/C20H15F4N3O2S/c21-14-8-11(7-13(9-14)20(22,23)24)10-26-19(30)27-15-3-1-12(2-4-15)16-5-6-29-17(16)18(25)28/h1-9H,10H2,(H2,25,28)(H2,26,27,30). The molecule has 4 N–H and O–H groups in total. The van der Waals surface area contributed by atoms with Gasteiger partial charge in [0.25, 0.3) is 5.91 Å². The molecule has 0 fully saturated rings. The molecule has 3 rings (SSSR count). The van der Waals surface area contributed by atoms with Crippen LogP contribution in [0.2, 0.25) is 0 Å². The zero-order valence-electron chi connectivity index (χ0n) is 15.2. The van der Waals surface area contributed by atoms with E-state index in [4.69, 9.17) is 22.4 Å². The van der Waals surface area contributed by atoms with Crippen LogP contribution in [0.3, 0.4) is 0 Å². The lowest BCUT2D eigenvalue weighted by molar-refractivity contribution is -0.137. The third-order valence-electron chi connectivity index (χ3n) is 4.08. The maximum absolute atomic E-state index is 13.5. The molecule has 0 radical (unpaired) electrons. The van der Waals surface area contributed by atoms with Gasteiger partial charge in [-0.3, -0.25) is 4.79 Å². The minimum Gasteiger partial charge on any atom is -0.459 e. The Hall–Kier alpha value is -3.40. The van der Waals surface area contributed by atoms with Crippen molar-refractivity contribution in [1.29, 1.82) is 0 Å². The first-order valence-corrected chi connectivity index (χ1v) is 8.93. The van der Waals surface area contributed by atoms with E-state index in [1.165, 1.54) is 6.26 Å². The second kappa shape index (κ2) is 8.54. The van der Waals surface area contributed by atoms with Gasteiger partial charge in [-0.25, -0.2) is 4.39 Å². The number of thiocarbonyl (C=S) groups is 1. The number of rotatable bonds is 5. The lowest BCUT2D eigenvalue weighted by atomic mass is 10.1. The van der Waals surface area contributed by atoms with Crippen molar-refractivity contribution in [3.63, 3.8) is 0 Å². The van der Waals surface area contributed by atoms with E-state index in [-0.39, 0.29) is 23.0 Å². The minimum atomic E-state index is -4.64. The number of primary amides is 1. The second-order valence-corrected chi connectivity index (χ2v) is 6.67. The molecule has 2 aromatic carbocycles. The largest absolute Gasteiger partial charge is 0.459 e. The van der Waals surface area contributed by atoms with E-state index in [9.17, 15) is 22.4 Å². The zero-order chi connectivity index (χ0) is 21.9. The summed E-state index contributed by atoms with van der Waals surface area (Å²) in [6, 6.07) is 10.7. The molecule has 0 aliphatic carbocycles. The molecule has 3 aromatic rings. The van der Waals surface area contributed by atoms with Gasteiger partial charge >= 0.3 is 6.18 Å². The van der Waals surface area contributed by atoms with E-state index < -0.39 is 23.5 Å². The third kappa shape index (κ3) is 5.15. The number of carbonyl (C=O) groups excluding carboxylic acids is 1. The first-order valence-electron chi connectivity index (χ1n) is 8.53. The number of nitrogens with two attached hydrogens (primary N) is 1. The quantitative estimate of drug-likeness (QED) is 0.399. The molecule has 0 bridgehead atoms. The van der Waals surface area contributed by atoms with Crippen LogP contribution < -0.4 is 16.4 Å². The van der Waals surface area contributed by atoms with Crippen LogP contribution in [0.1, 0.15) is 21.7 Å². The van der Waals surface area contributed by atoms with Crippen molar-refractivity contribution < 1.29 is 26.8 Å². The molecule has 0 unspecified atom stereocenters. The summed E-state index contributed by atoms with van der Waals surface area (Å²) in [6.07, 6.45) is -3.28. The van der Waals surface area contributed by atoms with E-state index in [1.54, 1.807) is 30.3 Å². The van der Waals surface area contributed by atoms with Gasteiger partial charge in [-0.2, -0.15) is 13.2 Å². The van der Waals surface area contributed by atoms with Crippen molar-refractivity contribution in [3.05, 3.63) is 77.5 Å². The first kappa shape index (κ1) is 21.3. The van der Waals surface area contributed by atoms with Crippen molar-refractivity contribution in [2.45, 2.75) is 12.7 Å². The predicted octanol–water partition coefficient (Wildman–Crippen LogP) is 4.69. The van der Waals surface area contributed by atoms with Crippen molar-refractivity contribution >= 4 is 28.9 Å². The molecule has 5 nitrogen and oxygen atoms in total. The van der Waals surface area contributed by atoms with Crippen LogP contribution in [0.15, 0.2) is 59.2 Å². The summed E-state index contributed by atoms with van der Waals surface area (Å²) in [7, 11) is 0. The van der Waals surface area contributed by atoms with Gasteiger partial charge in [0, 0.05) is 17.8 Å². The molecule has 0 saturated carbocycles. The van der Waals surface area contributed by atoms with Crippen LogP contribution >= 0.6 is 12.2 Å². The Morgan fingerprint density at radius 3 is 2.43 bits per heavy atom. The topological polar surface area (TPSA) is 80.3 Å². The molecule has 0 aliphatic rings. The molecule has 0 aliphatic heterocycles. The van der Waals surface area contributed by atoms with Gasteiger partial charge in [0.1, 0.15) is 5.82 Å². The van der Waals surface area contributed by atoms with Gasteiger partial charge in [0.2, 0.25) is 0 Å². The Morgan fingerprint density at radius 1 is 1.10 bits per heavy atom. The highest BCUT2D eigenvalue weighted by Gasteiger charge is 2.31. The molecule has 156 valence electrons. The number of nitrogens with one attached hydrogen (secondary N) is 2. The molecule has 1 heterocycles. The molecule has 0 spiro atoms. The molecule has 30 heavy (non-hydrogen) atoms. The lowest BCUT2D eigenvalue weighted by Gasteiger charge is -2.13. The first-order chi connectivity index (χ1) is 14.1. The van der Waals surface area contributed by atoms with Crippen LogP contribution in [-0.4, -0.2) is 11.0 Å². The highest BCUT2D eigenvalue weighted by atomic mass is 32.1. The summed E-state index contributed by atoms with van der Waals surface area (Å²) in [5, 5.41) is 5.74. The number of benzene rings is 2. The van der Waals surface area contributed by atoms with Crippen molar-refractivity contribution in [2.75, 3.05) is 5.32 Å². The Balaban J connectivity index is 1.62. The average Bonchev–Trinajstić information content (AvgIpc) is 3.16. The molecular formula is C20H15F4N3O2S. The van der Waals surface area contributed by atoms with Crippen molar-refractivity contribution in [2.24, 2.45) is 5.73 Å². The number of anilines is 1. The van der Waals surface area contributed by atoms with Crippen LogP contribution in [0.25, 0.3) is 11.1 Å². The molecule has 10 heteroatoms. The van der Waals surface area contributed by atoms with Gasteiger partial charge in [-0.05, 0) is 59.7 Å². The fraction of sp³-hybridized carbons (Fsp3) is 0.100. The maximum Gasteiger partial charge on any atom is 0.416 e. The number of carbonyl (C=O) groups is 1. The van der Waals surface area contributed by atoms with Gasteiger partial charge in [-0.1, -0.05) is 12.1 Å². The number of hydrogen-bond donors (Lipinski definition) is 3. The van der Waals surface area contributed by atoms with Crippen LogP contribution in [-0.2, 0) is 12.7 Å². The zero-order valence-corrected chi connectivity index (χ0v) is 16.0. The Bertz CT molecular complexity index is 1080. The SMILES string of the molecule is NC(=O)c1occc1-c1ccc(NC(=S)NCc2cc(F)cc(C(F)(F)F)c2)cc1. The number of amides is 1. The molecule has 1 aromatic heterocycles. The summed E-state index contributed by atoms with van der Waals surface area (Å²) in [5.41, 5.74) is 6.12. The molecule has 0 saturated heterocycles. The minimum absolute atomic E-state index is 0.0428. The maximum atomic E-state index is 13.5. The predicted molar refractivity (Wildman–Crippen MR) is 107 cm³/mol. The smallest absolute Gasteiger partial charge is 0.416 e. The van der Waals surface area contributed by atoms with Gasteiger partial charge in [0.15, 0.2) is 10.9 Å². The molecule has 0 atom stereocenters. The highest BCUT2D eigenvalue weighted by molar-refractivity contribution is 7.80. The summed E-state index contributed by atoms with van der Waals surface area (Å²) >= 11 is 5.13. The van der Waals surface area contributed by atoms with Crippen LogP contribution in [0, 0.1) is 5.82 Å². The Morgan fingerprint density at radius 2 is 1.80 bits per heavy atom. The van der Waals surface area contributed by atoms with Gasteiger partial charge in [0.05, 0.1) is 11.8 Å². The number of halogens is 4. The van der Waals surface area contributed by atoms with E-state index in [2.05, 4.69) is 10.6 Å². The number of hydrogen-bond acceptors (Lipinski definition) is 3. The fourth-order valence-corrected chi connectivity index (χ4v) is 2.92. The number of furan rings is 1. The Kier molecular flexibility index (Phi) is 6.06. The van der Waals surface area contributed by atoms with Gasteiger partial charge < -0.3 is 20.8 Å². The number of alkyl halides is 3. The van der Waals surface area contributed by atoms with Crippen LogP contribution in [0.4, 0.5) is 23.2 Å². The Labute approximate surface area is 173 Å². The average molecular weight is 437 g/mol. The van der Waals surface area contributed by atoms with E-state index in [0.29, 0.717) is 22.9 Å².